The van der Waals surface area contributed by atoms with Crippen molar-refractivity contribution in [1.29, 1.82) is 0 Å². The molecule has 0 radical (unpaired) electrons. The molecule has 1 aromatic heterocycles. The summed E-state index contributed by atoms with van der Waals surface area (Å²) in [6, 6.07) is 2.73. The van der Waals surface area contributed by atoms with Gasteiger partial charge in [-0.15, -0.1) is 0 Å². The predicted molar refractivity (Wildman–Crippen MR) is 86.6 cm³/mol. The zero-order valence-electron chi connectivity index (χ0n) is 13.0. The van der Waals surface area contributed by atoms with Crippen LogP contribution >= 0.6 is 11.3 Å². The third kappa shape index (κ3) is 4.04. The number of nitrogens with one attached hydrogen (secondary N) is 1. The van der Waals surface area contributed by atoms with Gasteiger partial charge in [-0.3, -0.25) is 4.90 Å². The van der Waals surface area contributed by atoms with E-state index in [0.717, 1.165) is 39.3 Å². The summed E-state index contributed by atoms with van der Waals surface area (Å²) in [6.45, 7) is 11.9. The first-order valence-electron chi connectivity index (χ1n) is 7.72. The first-order chi connectivity index (χ1) is 9.64. The molecule has 2 rings (SSSR count). The van der Waals surface area contributed by atoms with Crippen molar-refractivity contribution in [1.82, 2.24) is 10.2 Å². The van der Waals surface area contributed by atoms with Crippen molar-refractivity contribution in [2.45, 2.75) is 45.2 Å². The Kier molecular flexibility index (Phi) is 6.02. The highest BCUT2D eigenvalue weighted by Gasteiger charge is 2.35. The van der Waals surface area contributed by atoms with Crippen LogP contribution in [0.3, 0.4) is 0 Å². The lowest BCUT2D eigenvalue weighted by molar-refractivity contribution is -0.0232. The molecule has 1 fully saturated rings. The molecule has 1 aliphatic rings. The van der Waals surface area contributed by atoms with Gasteiger partial charge in [0.15, 0.2) is 0 Å². The van der Waals surface area contributed by atoms with Gasteiger partial charge in [0.2, 0.25) is 0 Å². The van der Waals surface area contributed by atoms with Crippen molar-refractivity contribution in [2.75, 3.05) is 32.8 Å². The van der Waals surface area contributed by atoms with Crippen LogP contribution in [-0.2, 0) is 11.2 Å². The van der Waals surface area contributed by atoms with Gasteiger partial charge in [-0.25, -0.2) is 0 Å². The van der Waals surface area contributed by atoms with E-state index in [1.54, 1.807) is 11.3 Å². The van der Waals surface area contributed by atoms with Gasteiger partial charge in [0.05, 0.1) is 13.2 Å². The minimum atomic E-state index is 0.154. The summed E-state index contributed by atoms with van der Waals surface area (Å²) in [5, 5.41) is 8.22. The fraction of sp³-hybridized carbons (Fsp3) is 0.750. The molecule has 0 amide bonds. The molecule has 4 heteroatoms. The van der Waals surface area contributed by atoms with Gasteiger partial charge in [0.1, 0.15) is 0 Å². The normalized spacial score (nSPS) is 19.1. The number of hydrogen-bond acceptors (Lipinski definition) is 4. The maximum atomic E-state index is 5.50. The van der Waals surface area contributed by atoms with Crippen LogP contribution in [0.1, 0.15) is 32.8 Å². The quantitative estimate of drug-likeness (QED) is 0.837. The van der Waals surface area contributed by atoms with Crippen molar-refractivity contribution < 1.29 is 4.74 Å². The molecule has 0 saturated carbocycles. The van der Waals surface area contributed by atoms with E-state index in [-0.39, 0.29) is 5.54 Å². The van der Waals surface area contributed by atoms with Crippen LogP contribution in [0.2, 0.25) is 0 Å². The maximum Gasteiger partial charge on any atom is 0.0594 e. The molecule has 0 bridgehead atoms. The van der Waals surface area contributed by atoms with Crippen LogP contribution < -0.4 is 5.32 Å². The molecule has 0 aromatic carbocycles. The molecule has 1 saturated heterocycles. The summed E-state index contributed by atoms with van der Waals surface area (Å²) in [5.74, 6) is 0. The van der Waals surface area contributed by atoms with Crippen LogP contribution in [0.5, 0.6) is 0 Å². The summed E-state index contributed by atoms with van der Waals surface area (Å²) >= 11 is 1.79. The van der Waals surface area contributed by atoms with Crippen LogP contribution in [0.15, 0.2) is 16.8 Å². The van der Waals surface area contributed by atoms with Crippen molar-refractivity contribution in [3.8, 4) is 0 Å². The van der Waals surface area contributed by atoms with Crippen molar-refractivity contribution in [3.63, 3.8) is 0 Å². The summed E-state index contributed by atoms with van der Waals surface area (Å²) in [7, 11) is 0. The third-order valence-corrected chi connectivity index (χ3v) is 5.07. The predicted octanol–water partition coefficient (Wildman–Crippen LogP) is 2.77. The molecule has 0 aliphatic carbocycles. The average Bonchev–Trinajstić information content (AvgIpc) is 2.97. The Morgan fingerprint density at radius 1 is 1.40 bits per heavy atom. The largest absolute Gasteiger partial charge is 0.379 e. The standard InChI is InChI=1S/C16H28N2OS/c1-4-6-17-15(12-14-5-11-20-13-14)16(2,3)18-7-9-19-10-8-18/h5,11,13,15,17H,4,6-10,12H2,1-3H3. The SMILES string of the molecule is CCCNC(Cc1ccsc1)C(C)(C)N1CCOCC1. The van der Waals surface area contributed by atoms with Gasteiger partial charge < -0.3 is 10.1 Å². The van der Waals surface area contributed by atoms with E-state index in [9.17, 15) is 0 Å². The average molecular weight is 296 g/mol. The highest BCUT2D eigenvalue weighted by molar-refractivity contribution is 7.07. The first-order valence-corrected chi connectivity index (χ1v) is 8.66. The van der Waals surface area contributed by atoms with E-state index in [2.05, 4.69) is 47.8 Å². The van der Waals surface area contributed by atoms with Crippen molar-refractivity contribution in [3.05, 3.63) is 22.4 Å². The van der Waals surface area contributed by atoms with Crippen LogP contribution in [0.25, 0.3) is 0 Å². The van der Waals surface area contributed by atoms with Crippen LogP contribution in [-0.4, -0.2) is 49.3 Å². The highest BCUT2D eigenvalue weighted by Crippen LogP contribution is 2.24. The van der Waals surface area contributed by atoms with E-state index < -0.39 is 0 Å². The minimum absolute atomic E-state index is 0.154. The van der Waals surface area contributed by atoms with Crippen LogP contribution in [0, 0.1) is 0 Å². The van der Waals surface area contributed by atoms with Crippen molar-refractivity contribution in [2.24, 2.45) is 0 Å². The Morgan fingerprint density at radius 2 is 2.15 bits per heavy atom. The number of nitrogens with zero attached hydrogens (tertiary/aromatic N) is 1. The van der Waals surface area contributed by atoms with Crippen LogP contribution in [0.4, 0.5) is 0 Å². The Bertz CT molecular complexity index is 372. The van der Waals surface area contributed by atoms with E-state index in [4.69, 9.17) is 4.74 Å². The molecular formula is C16H28N2OS. The number of hydrogen-bond donors (Lipinski definition) is 1. The van der Waals surface area contributed by atoms with Gasteiger partial charge in [-0.1, -0.05) is 6.92 Å². The number of morpholine rings is 1. The van der Waals surface area contributed by atoms with E-state index in [1.165, 1.54) is 12.0 Å². The maximum absolute atomic E-state index is 5.50. The molecule has 1 aromatic rings. The molecule has 1 unspecified atom stereocenters. The van der Waals surface area contributed by atoms with E-state index >= 15 is 0 Å². The summed E-state index contributed by atoms with van der Waals surface area (Å²) < 4.78 is 5.50. The number of thiophene rings is 1. The monoisotopic (exact) mass is 296 g/mol. The van der Waals surface area contributed by atoms with Gasteiger partial charge in [-0.2, -0.15) is 11.3 Å². The zero-order chi connectivity index (χ0) is 14.4. The van der Waals surface area contributed by atoms with Crippen molar-refractivity contribution >= 4 is 11.3 Å². The highest BCUT2D eigenvalue weighted by atomic mass is 32.1. The summed E-state index contributed by atoms with van der Waals surface area (Å²) in [6.07, 6.45) is 2.28. The van der Waals surface area contributed by atoms with Gasteiger partial charge in [-0.05, 0) is 55.6 Å². The molecule has 1 atom stereocenters. The topological polar surface area (TPSA) is 24.5 Å². The number of rotatable bonds is 7. The molecular weight excluding hydrogens is 268 g/mol. The fourth-order valence-corrected chi connectivity index (χ4v) is 3.58. The molecule has 1 aliphatic heterocycles. The van der Waals surface area contributed by atoms with Gasteiger partial charge >= 0.3 is 0 Å². The lowest BCUT2D eigenvalue weighted by Crippen LogP contribution is -2.61. The molecule has 0 spiro atoms. The Balaban J connectivity index is 2.06. The second kappa shape index (κ2) is 7.55. The lowest BCUT2D eigenvalue weighted by Gasteiger charge is -2.46. The molecule has 1 N–H and O–H groups in total. The molecule has 3 nitrogen and oxygen atoms in total. The third-order valence-electron chi connectivity index (χ3n) is 4.34. The van der Waals surface area contributed by atoms with Gasteiger partial charge in [0, 0.05) is 24.7 Å². The zero-order valence-corrected chi connectivity index (χ0v) is 13.8. The molecule has 20 heavy (non-hydrogen) atoms. The second-order valence-electron chi connectivity index (χ2n) is 6.10. The van der Waals surface area contributed by atoms with Gasteiger partial charge in [0.25, 0.3) is 0 Å². The molecule has 114 valence electrons. The number of ether oxygens (including phenoxy) is 1. The van der Waals surface area contributed by atoms with E-state index in [0.29, 0.717) is 6.04 Å². The smallest absolute Gasteiger partial charge is 0.0594 e. The first kappa shape index (κ1) is 16.0. The molecule has 2 heterocycles. The van der Waals surface area contributed by atoms with E-state index in [1.807, 2.05) is 0 Å². The second-order valence-corrected chi connectivity index (χ2v) is 6.88. The summed E-state index contributed by atoms with van der Waals surface area (Å²) in [5.41, 5.74) is 1.60. The minimum Gasteiger partial charge on any atom is -0.379 e. The lowest BCUT2D eigenvalue weighted by atomic mass is 9.87. The Hall–Kier alpha value is -0.420. The summed E-state index contributed by atoms with van der Waals surface area (Å²) in [4.78, 5) is 2.58. The fourth-order valence-electron chi connectivity index (χ4n) is 2.89. The Labute approximate surface area is 127 Å². The Morgan fingerprint density at radius 3 is 2.75 bits per heavy atom.